The second-order valence-electron chi connectivity index (χ2n) is 7.78. The number of piperidine rings is 1. The molecular weight excluding hydrogens is 327 g/mol. The summed E-state index contributed by atoms with van der Waals surface area (Å²) < 4.78 is 15.6. The first-order chi connectivity index (χ1) is 12.7. The molecule has 0 amide bonds. The maximum atomic E-state index is 13.6. The number of rotatable bonds is 3. The van der Waals surface area contributed by atoms with Crippen LogP contribution in [0.15, 0.2) is 42.7 Å². The highest BCUT2D eigenvalue weighted by molar-refractivity contribution is 5.37. The van der Waals surface area contributed by atoms with Crippen molar-refractivity contribution in [2.24, 2.45) is 0 Å². The van der Waals surface area contributed by atoms with E-state index in [1.54, 1.807) is 12.4 Å². The standard InChI is InChI=1S/C21H23FN4/c1-14-9-15(5-8-20(14)22)16-10-17-6-7-18(11-16)25(17)12-19-3-2-4-21-23-13-24-26(19)21/h2-5,8-9,13,16-18H,6-7,10-12H2,1H3/t16?,17-,18+. The first kappa shape index (κ1) is 15.9. The van der Waals surface area contributed by atoms with Gasteiger partial charge in [-0.15, -0.1) is 0 Å². The maximum Gasteiger partial charge on any atom is 0.155 e. The molecule has 1 unspecified atom stereocenters. The zero-order valence-corrected chi connectivity index (χ0v) is 15.0. The van der Waals surface area contributed by atoms with Gasteiger partial charge in [0.1, 0.15) is 12.1 Å². The van der Waals surface area contributed by atoms with Gasteiger partial charge in [0.2, 0.25) is 0 Å². The molecule has 4 nitrogen and oxygen atoms in total. The molecule has 2 fully saturated rings. The predicted molar refractivity (Wildman–Crippen MR) is 98.5 cm³/mol. The Kier molecular flexibility index (Phi) is 3.78. The fourth-order valence-electron chi connectivity index (χ4n) is 4.93. The molecule has 0 aliphatic carbocycles. The smallest absolute Gasteiger partial charge is 0.155 e. The zero-order chi connectivity index (χ0) is 17.7. The van der Waals surface area contributed by atoms with Crippen LogP contribution in [0.4, 0.5) is 4.39 Å². The molecule has 2 aromatic heterocycles. The monoisotopic (exact) mass is 350 g/mol. The van der Waals surface area contributed by atoms with Gasteiger partial charge in [-0.2, -0.15) is 5.10 Å². The van der Waals surface area contributed by atoms with E-state index in [1.165, 1.54) is 24.1 Å². The van der Waals surface area contributed by atoms with Crippen LogP contribution in [-0.4, -0.2) is 31.6 Å². The first-order valence-electron chi connectivity index (χ1n) is 9.48. The topological polar surface area (TPSA) is 33.4 Å². The molecule has 2 saturated heterocycles. The summed E-state index contributed by atoms with van der Waals surface area (Å²) in [6.07, 6.45) is 6.46. The van der Waals surface area contributed by atoms with Gasteiger partial charge in [0.15, 0.2) is 5.65 Å². The van der Waals surface area contributed by atoms with Crippen molar-refractivity contribution < 1.29 is 4.39 Å². The van der Waals surface area contributed by atoms with E-state index in [1.807, 2.05) is 29.6 Å². The van der Waals surface area contributed by atoms with E-state index in [-0.39, 0.29) is 5.82 Å². The number of pyridine rings is 1. The van der Waals surface area contributed by atoms with Crippen LogP contribution in [0.25, 0.3) is 5.65 Å². The van der Waals surface area contributed by atoms with Gasteiger partial charge in [-0.3, -0.25) is 4.90 Å². The van der Waals surface area contributed by atoms with Crippen LogP contribution >= 0.6 is 0 Å². The molecule has 1 aromatic carbocycles. The lowest BCUT2D eigenvalue weighted by molar-refractivity contribution is 0.116. The van der Waals surface area contributed by atoms with Gasteiger partial charge in [0.05, 0.1) is 5.69 Å². The highest BCUT2D eigenvalue weighted by atomic mass is 19.1. The number of halogens is 1. The second-order valence-corrected chi connectivity index (χ2v) is 7.78. The largest absolute Gasteiger partial charge is 0.292 e. The molecule has 134 valence electrons. The third-order valence-electron chi connectivity index (χ3n) is 6.26. The first-order valence-corrected chi connectivity index (χ1v) is 9.48. The van der Waals surface area contributed by atoms with Gasteiger partial charge in [0, 0.05) is 18.6 Å². The Bertz CT molecular complexity index is 936. The van der Waals surface area contributed by atoms with E-state index in [0.717, 1.165) is 30.6 Å². The SMILES string of the molecule is Cc1cc(C2C[C@H]3CC[C@@H](C2)N3Cc2cccc3ncnn23)ccc1F. The fraction of sp³-hybridized carbons (Fsp3) is 0.429. The Morgan fingerprint density at radius 3 is 2.69 bits per heavy atom. The minimum atomic E-state index is -0.102. The third-order valence-corrected chi connectivity index (χ3v) is 6.26. The van der Waals surface area contributed by atoms with Crippen molar-refractivity contribution in [3.05, 3.63) is 65.4 Å². The molecule has 2 aliphatic heterocycles. The van der Waals surface area contributed by atoms with E-state index < -0.39 is 0 Å². The van der Waals surface area contributed by atoms with E-state index in [0.29, 0.717) is 18.0 Å². The maximum absolute atomic E-state index is 13.6. The summed E-state index contributed by atoms with van der Waals surface area (Å²) in [7, 11) is 0. The summed E-state index contributed by atoms with van der Waals surface area (Å²) >= 11 is 0. The summed E-state index contributed by atoms with van der Waals surface area (Å²) in [4.78, 5) is 6.95. The van der Waals surface area contributed by atoms with Gasteiger partial charge >= 0.3 is 0 Å². The van der Waals surface area contributed by atoms with Crippen LogP contribution in [0, 0.1) is 12.7 Å². The number of aromatic nitrogens is 3. The van der Waals surface area contributed by atoms with Crippen LogP contribution in [0.3, 0.4) is 0 Å². The van der Waals surface area contributed by atoms with Crippen molar-refractivity contribution >= 4 is 5.65 Å². The predicted octanol–water partition coefficient (Wildman–Crippen LogP) is 4.09. The van der Waals surface area contributed by atoms with Crippen molar-refractivity contribution in [2.45, 2.75) is 57.2 Å². The molecule has 5 rings (SSSR count). The number of hydrogen-bond acceptors (Lipinski definition) is 3. The van der Waals surface area contributed by atoms with Crippen molar-refractivity contribution in [1.29, 1.82) is 0 Å². The molecule has 0 saturated carbocycles. The minimum Gasteiger partial charge on any atom is -0.292 e. The second kappa shape index (κ2) is 6.16. The summed E-state index contributed by atoms with van der Waals surface area (Å²) in [6.45, 7) is 2.78. The average Bonchev–Trinajstić information content (AvgIpc) is 3.20. The van der Waals surface area contributed by atoms with Gasteiger partial charge in [-0.25, -0.2) is 13.9 Å². The summed E-state index contributed by atoms with van der Waals surface area (Å²) in [5.74, 6) is 0.445. The van der Waals surface area contributed by atoms with Crippen LogP contribution in [0.2, 0.25) is 0 Å². The highest BCUT2D eigenvalue weighted by Gasteiger charge is 2.41. The molecule has 3 atom stereocenters. The van der Waals surface area contributed by atoms with Gasteiger partial charge in [-0.1, -0.05) is 18.2 Å². The number of fused-ring (bicyclic) bond motifs is 3. The molecule has 2 aliphatic rings. The van der Waals surface area contributed by atoms with Crippen LogP contribution in [-0.2, 0) is 6.54 Å². The Balaban J connectivity index is 1.37. The van der Waals surface area contributed by atoms with Crippen LogP contribution in [0.1, 0.15) is 48.4 Å². The zero-order valence-electron chi connectivity index (χ0n) is 15.0. The number of benzene rings is 1. The number of aryl methyl sites for hydroxylation is 1. The van der Waals surface area contributed by atoms with Crippen molar-refractivity contribution in [3.8, 4) is 0 Å². The van der Waals surface area contributed by atoms with Crippen LogP contribution in [0.5, 0.6) is 0 Å². The van der Waals surface area contributed by atoms with E-state index >= 15 is 0 Å². The van der Waals surface area contributed by atoms with Crippen molar-refractivity contribution in [1.82, 2.24) is 19.5 Å². The molecular formula is C21H23FN4. The quantitative estimate of drug-likeness (QED) is 0.713. The van der Waals surface area contributed by atoms with Gasteiger partial charge in [-0.05, 0) is 67.9 Å². The molecule has 3 aromatic rings. The van der Waals surface area contributed by atoms with Crippen molar-refractivity contribution in [3.63, 3.8) is 0 Å². The Morgan fingerprint density at radius 2 is 1.92 bits per heavy atom. The third kappa shape index (κ3) is 2.62. The minimum absolute atomic E-state index is 0.102. The molecule has 0 N–H and O–H groups in total. The van der Waals surface area contributed by atoms with E-state index in [9.17, 15) is 4.39 Å². The normalized spacial score (nSPS) is 25.8. The molecule has 0 radical (unpaired) electrons. The van der Waals surface area contributed by atoms with E-state index in [2.05, 4.69) is 27.1 Å². The lowest BCUT2D eigenvalue weighted by Crippen LogP contribution is -2.42. The number of hydrogen-bond donors (Lipinski definition) is 0. The summed E-state index contributed by atoms with van der Waals surface area (Å²) in [5.41, 5.74) is 4.17. The lowest BCUT2D eigenvalue weighted by atomic mass is 9.84. The Hall–Kier alpha value is -2.27. The molecule has 26 heavy (non-hydrogen) atoms. The molecule has 4 heterocycles. The van der Waals surface area contributed by atoms with E-state index in [4.69, 9.17) is 0 Å². The van der Waals surface area contributed by atoms with Gasteiger partial charge < -0.3 is 0 Å². The Morgan fingerprint density at radius 1 is 1.12 bits per heavy atom. The van der Waals surface area contributed by atoms with Crippen molar-refractivity contribution in [2.75, 3.05) is 0 Å². The fourth-order valence-corrected chi connectivity index (χ4v) is 4.93. The molecule has 2 bridgehead atoms. The summed E-state index contributed by atoms with van der Waals surface area (Å²) in [5, 5.41) is 4.38. The molecule has 0 spiro atoms. The van der Waals surface area contributed by atoms with Gasteiger partial charge in [0.25, 0.3) is 0 Å². The Labute approximate surface area is 152 Å². The number of nitrogens with zero attached hydrogens (tertiary/aromatic N) is 4. The summed E-state index contributed by atoms with van der Waals surface area (Å²) in [6, 6.07) is 13.1. The lowest BCUT2D eigenvalue weighted by Gasteiger charge is -2.39. The van der Waals surface area contributed by atoms with Crippen LogP contribution < -0.4 is 0 Å². The average molecular weight is 350 g/mol. The molecule has 5 heteroatoms. The highest BCUT2D eigenvalue weighted by Crippen LogP contribution is 2.43.